The van der Waals surface area contributed by atoms with Gasteiger partial charge in [-0.25, -0.2) is 0 Å². The van der Waals surface area contributed by atoms with Gasteiger partial charge in [0.05, 0.1) is 13.2 Å². The molecule has 4 nitrogen and oxygen atoms in total. The lowest BCUT2D eigenvalue weighted by molar-refractivity contribution is -0.123. The van der Waals surface area contributed by atoms with E-state index in [0.29, 0.717) is 11.6 Å². The fourth-order valence-corrected chi connectivity index (χ4v) is 2.46. The topological polar surface area (TPSA) is 50.4 Å². The highest BCUT2D eigenvalue weighted by Crippen LogP contribution is 2.22. The molecule has 1 fully saturated rings. The molecule has 20 heavy (non-hydrogen) atoms. The van der Waals surface area contributed by atoms with Gasteiger partial charge >= 0.3 is 0 Å². The standard InChI is InChI=1S/C14H19ClN2O2.ClH/c1-19-13-6-5-11(15)8-10(13)9-17-14(18)12-4-2-3-7-16-12;/h5-6,8,12,16H,2-4,7,9H2,1H3,(H,17,18);1H. The summed E-state index contributed by atoms with van der Waals surface area (Å²) >= 11 is 5.96. The maximum Gasteiger partial charge on any atom is 0.237 e. The molecule has 1 aromatic carbocycles. The van der Waals surface area contributed by atoms with Crippen LogP contribution in [0.4, 0.5) is 0 Å². The number of hydrogen-bond acceptors (Lipinski definition) is 3. The lowest BCUT2D eigenvalue weighted by Crippen LogP contribution is -2.46. The van der Waals surface area contributed by atoms with Crippen molar-refractivity contribution in [2.45, 2.75) is 31.8 Å². The average Bonchev–Trinajstić information content (AvgIpc) is 2.46. The van der Waals surface area contributed by atoms with Gasteiger partial charge in [0.15, 0.2) is 0 Å². The second kappa shape index (κ2) is 8.35. The molecule has 112 valence electrons. The maximum absolute atomic E-state index is 12.0. The molecule has 0 saturated carbocycles. The summed E-state index contributed by atoms with van der Waals surface area (Å²) in [5.74, 6) is 0.781. The zero-order chi connectivity index (χ0) is 13.7. The van der Waals surface area contributed by atoms with Gasteiger partial charge < -0.3 is 15.4 Å². The zero-order valence-electron chi connectivity index (χ0n) is 11.4. The Balaban J connectivity index is 0.00000200. The van der Waals surface area contributed by atoms with Crippen molar-refractivity contribution >= 4 is 29.9 Å². The third-order valence-electron chi connectivity index (χ3n) is 3.32. The van der Waals surface area contributed by atoms with Gasteiger partial charge in [0.1, 0.15) is 5.75 Å². The summed E-state index contributed by atoms with van der Waals surface area (Å²) in [5, 5.41) is 6.80. The molecule has 1 atom stereocenters. The summed E-state index contributed by atoms with van der Waals surface area (Å²) in [6.07, 6.45) is 3.15. The smallest absolute Gasteiger partial charge is 0.237 e. The Hall–Kier alpha value is -0.970. The largest absolute Gasteiger partial charge is 0.496 e. The van der Waals surface area contributed by atoms with Crippen LogP contribution < -0.4 is 15.4 Å². The van der Waals surface area contributed by atoms with E-state index in [4.69, 9.17) is 16.3 Å². The van der Waals surface area contributed by atoms with Crippen LogP contribution in [0.2, 0.25) is 5.02 Å². The molecule has 2 rings (SSSR count). The summed E-state index contributed by atoms with van der Waals surface area (Å²) in [7, 11) is 1.61. The molecule has 1 amide bonds. The number of piperidine rings is 1. The highest BCUT2D eigenvalue weighted by Gasteiger charge is 2.20. The molecule has 0 radical (unpaired) electrons. The van der Waals surface area contributed by atoms with Crippen LogP contribution in [0.5, 0.6) is 5.75 Å². The number of methoxy groups -OCH3 is 1. The molecule has 2 N–H and O–H groups in total. The van der Waals surface area contributed by atoms with Crippen LogP contribution in [0.3, 0.4) is 0 Å². The summed E-state index contributed by atoms with van der Waals surface area (Å²) in [4.78, 5) is 12.0. The minimum atomic E-state index is -0.0704. The molecule has 0 aliphatic carbocycles. The summed E-state index contributed by atoms with van der Waals surface area (Å²) < 4.78 is 5.25. The fraction of sp³-hybridized carbons (Fsp3) is 0.500. The number of carbonyl (C=O) groups excluding carboxylic acids is 1. The first-order valence-electron chi connectivity index (χ1n) is 6.54. The van der Waals surface area contributed by atoms with Crippen molar-refractivity contribution in [3.8, 4) is 5.75 Å². The monoisotopic (exact) mass is 318 g/mol. The predicted octanol–water partition coefficient (Wildman–Crippen LogP) is 2.53. The van der Waals surface area contributed by atoms with Crippen LogP contribution in [0.25, 0.3) is 0 Å². The number of halogens is 2. The molecule has 1 heterocycles. The van der Waals surface area contributed by atoms with Gasteiger partial charge in [-0.15, -0.1) is 12.4 Å². The molecule has 1 aromatic rings. The third-order valence-corrected chi connectivity index (χ3v) is 3.56. The molecular formula is C14H20Cl2N2O2. The average molecular weight is 319 g/mol. The normalized spacial score (nSPS) is 18.0. The van der Waals surface area contributed by atoms with Gasteiger partial charge in [-0.3, -0.25) is 4.79 Å². The van der Waals surface area contributed by atoms with Gasteiger partial charge in [0.25, 0.3) is 0 Å². The Morgan fingerprint density at radius 2 is 2.30 bits per heavy atom. The molecule has 0 aromatic heterocycles. The van der Waals surface area contributed by atoms with Crippen LogP contribution in [0, 0.1) is 0 Å². The van der Waals surface area contributed by atoms with Gasteiger partial charge in [-0.2, -0.15) is 0 Å². The van der Waals surface area contributed by atoms with Crippen molar-refractivity contribution in [2.75, 3.05) is 13.7 Å². The highest BCUT2D eigenvalue weighted by atomic mass is 35.5. The minimum absolute atomic E-state index is 0. The van der Waals surface area contributed by atoms with E-state index < -0.39 is 0 Å². The van der Waals surface area contributed by atoms with Crippen LogP contribution in [0.15, 0.2) is 18.2 Å². The molecule has 0 bridgehead atoms. The first kappa shape index (κ1) is 17.1. The second-order valence-electron chi connectivity index (χ2n) is 4.68. The van der Waals surface area contributed by atoms with E-state index in [9.17, 15) is 4.79 Å². The Bertz CT molecular complexity index is 449. The number of rotatable bonds is 4. The van der Waals surface area contributed by atoms with Crippen molar-refractivity contribution in [1.82, 2.24) is 10.6 Å². The summed E-state index contributed by atoms with van der Waals surface area (Å²) in [6.45, 7) is 1.35. The number of amides is 1. The van der Waals surface area contributed by atoms with E-state index in [-0.39, 0.29) is 24.4 Å². The van der Waals surface area contributed by atoms with E-state index in [1.54, 1.807) is 13.2 Å². The van der Waals surface area contributed by atoms with Gasteiger partial charge in [-0.1, -0.05) is 18.0 Å². The Morgan fingerprint density at radius 1 is 1.50 bits per heavy atom. The second-order valence-corrected chi connectivity index (χ2v) is 5.11. The molecule has 1 aliphatic heterocycles. The maximum atomic E-state index is 12.0. The zero-order valence-corrected chi connectivity index (χ0v) is 13.0. The van der Waals surface area contributed by atoms with Crippen LogP contribution >= 0.6 is 24.0 Å². The number of nitrogens with one attached hydrogen (secondary N) is 2. The first-order valence-corrected chi connectivity index (χ1v) is 6.92. The molecule has 0 spiro atoms. The number of carbonyl (C=O) groups is 1. The van der Waals surface area contributed by atoms with Crippen molar-refractivity contribution < 1.29 is 9.53 Å². The van der Waals surface area contributed by atoms with Crippen molar-refractivity contribution in [1.29, 1.82) is 0 Å². The quantitative estimate of drug-likeness (QED) is 0.897. The summed E-state index contributed by atoms with van der Waals surface area (Å²) in [5.41, 5.74) is 0.888. The Morgan fingerprint density at radius 3 is 2.95 bits per heavy atom. The molecule has 1 aliphatic rings. The van der Waals surface area contributed by atoms with E-state index in [0.717, 1.165) is 37.1 Å². The molecular weight excluding hydrogens is 299 g/mol. The van der Waals surface area contributed by atoms with E-state index >= 15 is 0 Å². The van der Waals surface area contributed by atoms with E-state index in [1.807, 2.05) is 12.1 Å². The van der Waals surface area contributed by atoms with Gasteiger partial charge in [-0.05, 0) is 37.6 Å². The summed E-state index contributed by atoms with van der Waals surface area (Å²) in [6, 6.07) is 5.32. The van der Waals surface area contributed by atoms with Gasteiger partial charge in [0.2, 0.25) is 5.91 Å². The number of benzene rings is 1. The minimum Gasteiger partial charge on any atom is -0.496 e. The van der Waals surface area contributed by atoms with Crippen molar-refractivity contribution in [3.05, 3.63) is 28.8 Å². The molecule has 6 heteroatoms. The first-order chi connectivity index (χ1) is 9.20. The number of hydrogen-bond donors (Lipinski definition) is 2. The Kier molecular flexibility index (Phi) is 7.13. The van der Waals surface area contributed by atoms with Crippen molar-refractivity contribution in [3.63, 3.8) is 0 Å². The van der Waals surface area contributed by atoms with Gasteiger partial charge in [0, 0.05) is 17.1 Å². The SMILES string of the molecule is COc1ccc(Cl)cc1CNC(=O)C1CCCCN1.Cl. The highest BCUT2D eigenvalue weighted by molar-refractivity contribution is 6.30. The van der Waals surface area contributed by atoms with E-state index in [2.05, 4.69) is 10.6 Å². The third kappa shape index (κ3) is 4.54. The Labute approximate surface area is 130 Å². The lowest BCUT2D eigenvalue weighted by atomic mass is 10.0. The molecule has 1 saturated heterocycles. The van der Waals surface area contributed by atoms with Crippen LogP contribution in [0.1, 0.15) is 24.8 Å². The van der Waals surface area contributed by atoms with Crippen molar-refractivity contribution in [2.24, 2.45) is 0 Å². The lowest BCUT2D eigenvalue weighted by Gasteiger charge is -2.22. The van der Waals surface area contributed by atoms with E-state index in [1.165, 1.54) is 0 Å². The fourth-order valence-electron chi connectivity index (χ4n) is 2.27. The van der Waals surface area contributed by atoms with Crippen LogP contribution in [-0.2, 0) is 11.3 Å². The predicted molar refractivity (Wildman–Crippen MR) is 82.7 cm³/mol. The number of ether oxygens (including phenoxy) is 1. The van der Waals surface area contributed by atoms with Crippen LogP contribution in [-0.4, -0.2) is 25.6 Å². The molecule has 1 unspecified atom stereocenters.